The van der Waals surface area contributed by atoms with Gasteiger partial charge in [0.25, 0.3) is 5.24 Å². The number of thioether (sulfide) groups is 1. The van der Waals surface area contributed by atoms with Gasteiger partial charge >= 0.3 is 0 Å². The maximum Gasteiger partial charge on any atom is 0.296 e. The molecule has 0 spiro atoms. The normalized spacial score (nSPS) is 14.8. The van der Waals surface area contributed by atoms with Crippen molar-refractivity contribution < 1.29 is 9.53 Å². The number of amides is 1. The Morgan fingerprint density at radius 3 is 2.32 bits per heavy atom. The van der Waals surface area contributed by atoms with E-state index in [0.29, 0.717) is 4.99 Å². The van der Waals surface area contributed by atoms with Crippen molar-refractivity contribution >= 4 is 46.0 Å². The summed E-state index contributed by atoms with van der Waals surface area (Å²) in [4.78, 5) is 15.6. The predicted molar refractivity (Wildman–Crippen MR) is 143 cm³/mol. The average Bonchev–Trinajstić information content (AvgIpc) is 3.41. The van der Waals surface area contributed by atoms with Crippen molar-refractivity contribution in [1.29, 1.82) is 0 Å². The van der Waals surface area contributed by atoms with Crippen LogP contribution in [0.1, 0.15) is 11.1 Å². The van der Waals surface area contributed by atoms with E-state index in [0.717, 1.165) is 56.2 Å². The lowest BCUT2D eigenvalue weighted by molar-refractivity contribution is 0.268. The highest BCUT2D eigenvalue weighted by Crippen LogP contribution is 2.38. The summed E-state index contributed by atoms with van der Waals surface area (Å²) < 4.78 is 7.14. The fourth-order valence-electron chi connectivity index (χ4n) is 3.70. The first kappa shape index (κ1) is 22.1. The molecule has 0 atom stereocenters. The van der Waals surface area contributed by atoms with Crippen molar-refractivity contribution in [3.8, 4) is 22.7 Å². The summed E-state index contributed by atoms with van der Waals surface area (Å²) >= 11 is 6.86. The minimum Gasteiger partial charge on any atom is -0.497 e. The second-order valence-corrected chi connectivity index (χ2v) is 9.17. The van der Waals surface area contributed by atoms with Crippen LogP contribution in [0.25, 0.3) is 23.0 Å². The van der Waals surface area contributed by atoms with E-state index in [1.54, 1.807) is 12.0 Å². The number of nitrogens with zero attached hydrogens (tertiary/aromatic N) is 3. The first-order chi connectivity index (χ1) is 16.5. The van der Waals surface area contributed by atoms with E-state index in [9.17, 15) is 4.79 Å². The fourth-order valence-corrected chi connectivity index (χ4v) is 4.98. The van der Waals surface area contributed by atoms with Crippen molar-refractivity contribution in [3.05, 3.63) is 101 Å². The Bertz CT molecular complexity index is 1390. The zero-order valence-electron chi connectivity index (χ0n) is 18.6. The molecule has 5 nitrogen and oxygen atoms in total. The number of carbonyl (C=O) groups excluding carboxylic acids is 1. The maximum atomic E-state index is 12.8. The summed E-state index contributed by atoms with van der Waals surface area (Å²) in [6, 6.07) is 25.5. The zero-order chi connectivity index (χ0) is 23.7. The number of aryl methyl sites for hydroxylation is 1. The molecule has 34 heavy (non-hydrogen) atoms. The molecular weight excluding hydrogens is 462 g/mol. The monoisotopic (exact) mass is 483 g/mol. The molecule has 1 saturated heterocycles. The summed E-state index contributed by atoms with van der Waals surface area (Å²) in [6.45, 7) is 2.01. The van der Waals surface area contributed by atoms with Crippen LogP contribution in [-0.2, 0) is 0 Å². The molecule has 1 fully saturated rings. The summed E-state index contributed by atoms with van der Waals surface area (Å²) in [6.07, 6.45) is 3.91. The van der Waals surface area contributed by atoms with Crippen LogP contribution in [0, 0.1) is 6.92 Å². The number of para-hydroxylation sites is 1. The molecule has 7 heteroatoms. The minimum atomic E-state index is -0.110. The first-order valence-corrected chi connectivity index (χ1v) is 11.9. The van der Waals surface area contributed by atoms with Gasteiger partial charge in [0.2, 0.25) is 0 Å². The number of ether oxygens (including phenoxy) is 1. The van der Waals surface area contributed by atoms with Gasteiger partial charge in [-0.1, -0.05) is 48.1 Å². The number of anilines is 1. The van der Waals surface area contributed by atoms with Crippen LogP contribution in [-0.4, -0.2) is 27.1 Å². The van der Waals surface area contributed by atoms with Crippen LogP contribution in [0.4, 0.5) is 10.5 Å². The Hall–Kier alpha value is -3.68. The van der Waals surface area contributed by atoms with Crippen LogP contribution in [0.15, 0.2) is 90.0 Å². The zero-order valence-corrected chi connectivity index (χ0v) is 20.3. The van der Waals surface area contributed by atoms with Crippen LogP contribution < -0.4 is 9.64 Å². The lowest BCUT2D eigenvalue weighted by Gasteiger charge is -2.14. The van der Waals surface area contributed by atoms with Gasteiger partial charge in [-0.25, -0.2) is 4.68 Å². The van der Waals surface area contributed by atoms with Gasteiger partial charge in [-0.15, -0.1) is 0 Å². The number of carbonyl (C=O) groups is 1. The van der Waals surface area contributed by atoms with E-state index in [-0.39, 0.29) is 5.24 Å². The summed E-state index contributed by atoms with van der Waals surface area (Å²) in [5, 5.41) is 4.75. The molecule has 4 aromatic rings. The van der Waals surface area contributed by atoms with Crippen molar-refractivity contribution in [2.75, 3.05) is 12.0 Å². The van der Waals surface area contributed by atoms with E-state index in [1.807, 2.05) is 103 Å². The molecule has 0 unspecified atom stereocenters. The third-order valence-corrected chi connectivity index (χ3v) is 6.92. The number of thiocarbonyl (C=S) groups is 1. The standard InChI is InChI=1S/C27H21N3O2S2/c1-18-8-12-22(13-9-18)30-26(33)24(34-27(30)31)16-20-17-29(21-6-4-3-5-7-21)28-25(20)19-10-14-23(32-2)15-11-19/h3-17H,1-2H3. The Kier molecular flexibility index (Phi) is 6.04. The van der Waals surface area contributed by atoms with E-state index in [2.05, 4.69) is 0 Å². The molecule has 168 valence electrons. The molecule has 0 N–H and O–H groups in total. The van der Waals surface area contributed by atoms with Gasteiger partial charge in [0.05, 0.1) is 29.1 Å². The predicted octanol–water partition coefficient (Wildman–Crippen LogP) is 6.90. The smallest absolute Gasteiger partial charge is 0.296 e. The fraction of sp³-hybridized carbons (Fsp3) is 0.0741. The van der Waals surface area contributed by atoms with Gasteiger partial charge in [-0.2, -0.15) is 5.10 Å². The third-order valence-electron chi connectivity index (χ3n) is 5.50. The van der Waals surface area contributed by atoms with Gasteiger partial charge in [0, 0.05) is 17.3 Å². The van der Waals surface area contributed by atoms with E-state index < -0.39 is 0 Å². The topological polar surface area (TPSA) is 47.4 Å². The van der Waals surface area contributed by atoms with E-state index >= 15 is 0 Å². The molecule has 1 aliphatic rings. The Morgan fingerprint density at radius 2 is 1.65 bits per heavy atom. The number of aromatic nitrogens is 2. The van der Waals surface area contributed by atoms with Crippen molar-refractivity contribution in [2.24, 2.45) is 0 Å². The molecule has 0 saturated carbocycles. The van der Waals surface area contributed by atoms with Gasteiger partial charge < -0.3 is 4.74 Å². The third kappa shape index (κ3) is 4.27. The Labute approximate surface area is 207 Å². The first-order valence-electron chi connectivity index (χ1n) is 10.7. The number of rotatable bonds is 5. The lowest BCUT2D eigenvalue weighted by atomic mass is 10.1. The molecule has 1 aromatic heterocycles. The highest BCUT2D eigenvalue weighted by Gasteiger charge is 2.33. The van der Waals surface area contributed by atoms with Crippen LogP contribution >= 0.6 is 24.0 Å². The Balaban J connectivity index is 1.57. The maximum absolute atomic E-state index is 12.8. The molecule has 0 aliphatic carbocycles. The van der Waals surface area contributed by atoms with Crippen LogP contribution in [0.2, 0.25) is 0 Å². The average molecular weight is 484 g/mol. The number of hydrogen-bond acceptors (Lipinski definition) is 5. The second-order valence-electron chi connectivity index (χ2n) is 7.79. The van der Waals surface area contributed by atoms with Crippen molar-refractivity contribution in [3.63, 3.8) is 0 Å². The minimum absolute atomic E-state index is 0.110. The van der Waals surface area contributed by atoms with E-state index in [1.165, 1.54) is 0 Å². The molecule has 5 rings (SSSR count). The number of benzene rings is 3. The summed E-state index contributed by atoms with van der Waals surface area (Å²) in [7, 11) is 1.64. The highest BCUT2D eigenvalue weighted by atomic mass is 32.2. The van der Waals surface area contributed by atoms with Crippen molar-refractivity contribution in [1.82, 2.24) is 9.78 Å². The van der Waals surface area contributed by atoms with Crippen LogP contribution in [0.5, 0.6) is 5.75 Å². The molecular formula is C27H21N3O2S2. The van der Waals surface area contributed by atoms with Gasteiger partial charge in [-0.05, 0) is 73.3 Å². The lowest BCUT2D eigenvalue weighted by Crippen LogP contribution is -2.26. The largest absolute Gasteiger partial charge is 0.497 e. The second kappa shape index (κ2) is 9.29. The summed E-state index contributed by atoms with van der Waals surface area (Å²) in [5.74, 6) is 0.776. The quantitative estimate of drug-likeness (QED) is 0.228. The molecule has 1 aliphatic heterocycles. The van der Waals surface area contributed by atoms with Crippen LogP contribution in [0.3, 0.4) is 0 Å². The SMILES string of the molecule is COc1ccc(-c2nn(-c3ccccc3)cc2C=C2SC(=O)N(c3ccc(C)cc3)C2=S)cc1. The van der Waals surface area contributed by atoms with Gasteiger partial charge in [0.1, 0.15) is 10.7 Å². The molecule has 3 aromatic carbocycles. The Morgan fingerprint density at radius 1 is 0.941 bits per heavy atom. The number of methoxy groups -OCH3 is 1. The van der Waals surface area contributed by atoms with Gasteiger partial charge in [0.15, 0.2) is 0 Å². The molecule has 1 amide bonds. The highest BCUT2D eigenvalue weighted by molar-refractivity contribution is 8.20. The molecule has 0 radical (unpaired) electrons. The molecule has 2 heterocycles. The summed E-state index contributed by atoms with van der Waals surface area (Å²) in [5.41, 5.74) is 5.45. The van der Waals surface area contributed by atoms with Gasteiger partial charge in [-0.3, -0.25) is 9.69 Å². The number of hydrogen-bond donors (Lipinski definition) is 0. The van der Waals surface area contributed by atoms with E-state index in [4.69, 9.17) is 22.1 Å². The molecule has 0 bridgehead atoms. The van der Waals surface area contributed by atoms with Crippen molar-refractivity contribution in [2.45, 2.75) is 6.92 Å².